The first-order chi connectivity index (χ1) is 20.7. The number of hydrogen-bond donors (Lipinski definition) is 2. The maximum absolute atomic E-state index is 13.3. The molecule has 3 rings (SSSR count). The van der Waals surface area contributed by atoms with Crippen LogP contribution in [-0.4, -0.2) is 61.0 Å². The first kappa shape index (κ1) is 33.6. The van der Waals surface area contributed by atoms with Crippen LogP contribution in [0.15, 0.2) is 60.7 Å². The Bertz CT molecular complexity index is 1310. The van der Waals surface area contributed by atoms with E-state index in [9.17, 15) is 19.1 Å². The normalized spacial score (nSPS) is 11.7. The second-order valence-corrected chi connectivity index (χ2v) is 10.5. The summed E-state index contributed by atoms with van der Waals surface area (Å²) in [6.07, 6.45) is 0.873. The summed E-state index contributed by atoms with van der Waals surface area (Å²) in [7, 11) is 0. The van der Waals surface area contributed by atoms with Crippen molar-refractivity contribution in [2.75, 3.05) is 38.2 Å². The summed E-state index contributed by atoms with van der Waals surface area (Å²) in [5.74, 6) is -0.631. The minimum absolute atomic E-state index is 0.201. The Morgan fingerprint density at radius 3 is 2.23 bits per heavy atom. The van der Waals surface area contributed by atoms with Gasteiger partial charge in [-0.05, 0) is 98.7 Å². The van der Waals surface area contributed by atoms with Gasteiger partial charge in [0.05, 0.1) is 13.2 Å². The van der Waals surface area contributed by atoms with Crippen molar-refractivity contribution in [2.24, 2.45) is 0 Å². The largest absolute Gasteiger partial charge is 0.492 e. The lowest BCUT2D eigenvalue weighted by Crippen LogP contribution is -2.38. The van der Waals surface area contributed by atoms with Crippen LogP contribution in [-0.2, 0) is 27.3 Å². The lowest BCUT2D eigenvalue weighted by Gasteiger charge is -2.24. The molecule has 0 aliphatic carbocycles. The highest BCUT2D eigenvalue weighted by atomic mass is 19.1. The van der Waals surface area contributed by atoms with Gasteiger partial charge >= 0.3 is 12.0 Å². The van der Waals surface area contributed by atoms with E-state index in [0.29, 0.717) is 38.7 Å². The molecule has 0 spiro atoms. The molecule has 0 fully saturated rings. The Balaban J connectivity index is 1.54. The number of aliphatic carboxylic acids is 1. The predicted octanol–water partition coefficient (Wildman–Crippen LogP) is 6.69. The van der Waals surface area contributed by atoms with Gasteiger partial charge in [-0.25, -0.2) is 14.0 Å². The number of carbonyl (C=O) groups is 2. The Morgan fingerprint density at radius 1 is 0.884 bits per heavy atom. The molecule has 0 bridgehead atoms. The smallest absolute Gasteiger partial charge is 0.333 e. The molecule has 0 aliphatic heterocycles. The van der Waals surface area contributed by atoms with Gasteiger partial charge < -0.3 is 29.5 Å². The van der Waals surface area contributed by atoms with E-state index in [1.54, 1.807) is 36.1 Å². The average molecular weight is 595 g/mol. The van der Waals surface area contributed by atoms with Gasteiger partial charge in [0.1, 0.15) is 18.2 Å². The van der Waals surface area contributed by atoms with Gasteiger partial charge in [-0.15, -0.1) is 0 Å². The second-order valence-electron chi connectivity index (χ2n) is 10.5. The molecule has 0 saturated carbocycles. The van der Waals surface area contributed by atoms with E-state index >= 15 is 0 Å². The zero-order valence-electron chi connectivity index (χ0n) is 25.5. The topological polar surface area (TPSA) is 97.3 Å². The zero-order chi connectivity index (χ0) is 31.2. The number of rotatable bonds is 17. The molecule has 1 unspecified atom stereocenters. The highest BCUT2D eigenvalue weighted by Gasteiger charge is 2.18. The van der Waals surface area contributed by atoms with Gasteiger partial charge in [0, 0.05) is 31.9 Å². The number of carbonyl (C=O) groups excluding carboxylic acids is 1. The molecule has 3 aromatic carbocycles. The van der Waals surface area contributed by atoms with Crippen LogP contribution in [0.3, 0.4) is 0 Å². The number of benzene rings is 3. The van der Waals surface area contributed by atoms with E-state index in [1.165, 1.54) is 17.7 Å². The number of halogens is 1. The van der Waals surface area contributed by atoms with Gasteiger partial charge in [-0.1, -0.05) is 30.3 Å². The third-order valence-corrected chi connectivity index (χ3v) is 7.14. The van der Waals surface area contributed by atoms with E-state index in [2.05, 4.69) is 11.4 Å². The SMILES string of the molecule is CCOC(Cc1ccc(OCCN(CCCCOCc2ccc(F)cc2)C(=O)Nc2cc(C)c(C)cc2C)cc1)C(=O)O. The fourth-order valence-corrected chi connectivity index (χ4v) is 4.51. The number of aryl methyl sites for hydroxylation is 3. The fourth-order valence-electron chi connectivity index (χ4n) is 4.51. The maximum Gasteiger partial charge on any atom is 0.333 e. The lowest BCUT2D eigenvalue weighted by molar-refractivity contribution is -0.149. The molecule has 0 heterocycles. The number of urea groups is 1. The van der Waals surface area contributed by atoms with Gasteiger partial charge in [-0.3, -0.25) is 0 Å². The maximum atomic E-state index is 13.3. The van der Waals surface area contributed by atoms with Gasteiger partial charge in [0.2, 0.25) is 0 Å². The summed E-state index contributed by atoms with van der Waals surface area (Å²) in [5.41, 5.74) is 5.80. The first-order valence-corrected chi connectivity index (χ1v) is 14.7. The number of amides is 2. The number of carboxylic acids is 1. The third-order valence-electron chi connectivity index (χ3n) is 7.14. The summed E-state index contributed by atoms with van der Waals surface area (Å²) in [4.78, 5) is 26.4. The van der Waals surface area contributed by atoms with Gasteiger partial charge in [0.25, 0.3) is 0 Å². The van der Waals surface area contributed by atoms with Crippen molar-refractivity contribution in [3.63, 3.8) is 0 Å². The van der Waals surface area contributed by atoms with Crippen LogP contribution in [0.1, 0.15) is 47.6 Å². The van der Waals surface area contributed by atoms with E-state index in [1.807, 2.05) is 39.0 Å². The van der Waals surface area contributed by atoms with E-state index in [4.69, 9.17) is 14.2 Å². The summed E-state index contributed by atoms with van der Waals surface area (Å²) in [5, 5.41) is 12.4. The monoisotopic (exact) mass is 594 g/mol. The zero-order valence-corrected chi connectivity index (χ0v) is 25.5. The van der Waals surface area contributed by atoms with Crippen molar-refractivity contribution in [2.45, 2.75) is 59.7 Å². The Hall–Kier alpha value is -3.95. The standard InChI is InChI=1S/C34H43FN2O6/c1-5-42-32(33(38)39)22-27-10-14-30(15-11-27)43-19-17-37(34(40)36-31-21-25(3)24(2)20-26(31)4)16-6-7-18-41-23-28-8-12-29(35)13-9-28/h8-15,20-21,32H,5-7,16-19,22-23H2,1-4H3,(H,36,40)(H,38,39). The lowest BCUT2D eigenvalue weighted by atomic mass is 10.1. The van der Waals surface area contributed by atoms with Crippen molar-refractivity contribution >= 4 is 17.7 Å². The third kappa shape index (κ3) is 11.3. The molecule has 9 heteroatoms. The summed E-state index contributed by atoms with van der Waals surface area (Å²) < 4.78 is 30.1. The molecule has 2 N–H and O–H groups in total. The number of carboxylic acid groups (broad SMARTS) is 1. The Morgan fingerprint density at radius 2 is 1.56 bits per heavy atom. The van der Waals surface area contributed by atoms with Crippen molar-refractivity contribution in [3.05, 3.63) is 94.3 Å². The molecular weight excluding hydrogens is 551 g/mol. The Labute approximate surface area is 253 Å². The number of nitrogens with zero attached hydrogens (tertiary/aromatic N) is 1. The molecule has 1 atom stereocenters. The summed E-state index contributed by atoms with van der Waals surface area (Å²) >= 11 is 0. The van der Waals surface area contributed by atoms with E-state index in [0.717, 1.165) is 40.8 Å². The van der Waals surface area contributed by atoms with Crippen LogP contribution in [0.5, 0.6) is 5.75 Å². The highest BCUT2D eigenvalue weighted by Crippen LogP contribution is 2.21. The molecule has 0 aliphatic rings. The number of hydrogen-bond acceptors (Lipinski definition) is 5. The van der Waals surface area contributed by atoms with E-state index in [-0.39, 0.29) is 24.9 Å². The average Bonchev–Trinajstić information content (AvgIpc) is 2.98. The van der Waals surface area contributed by atoms with Crippen LogP contribution in [0, 0.1) is 26.6 Å². The number of unbranched alkanes of at least 4 members (excludes halogenated alkanes) is 1. The summed E-state index contributed by atoms with van der Waals surface area (Å²) in [6.45, 7) is 10.3. The second kappa shape index (κ2) is 17.2. The molecule has 8 nitrogen and oxygen atoms in total. The minimum Gasteiger partial charge on any atom is -0.492 e. The number of anilines is 1. The van der Waals surface area contributed by atoms with Gasteiger partial charge in [0.15, 0.2) is 6.10 Å². The van der Waals surface area contributed by atoms with Crippen LogP contribution >= 0.6 is 0 Å². The molecule has 0 aromatic heterocycles. The first-order valence-electron chi connectivity index (χ1n) is 14.7. The van der Waals surface area contributed by atoms with Crippen LogP contribution in [0.4, 0.5) is 14.9 Å². The quantitative estimate of drug-likeness (QED) is 0.169. The van der Waals surface area contributed by atoms with Crippen molar-refractivity contribution in [1.29, 1.82) is 0 Å². The van der Waals surface area contributed by atoms with Gasteiger partial charge in [-0.2, -0.15) is 0 Å². The van der Waals surface area contributed by atoms with Crippen LogP contribution < -0.4 is 10.1 Å². The molecule has 0 saturated heterocycles. The van der Waals surface area contributed by atoms with Crippen LogP contribution in [0.2, 0.25) is 0 Å². The van der Waals surface area contributed by atoms with E-state index < -0.39 is 12.1 Å². The molecular formula is C34H43FN2O6. The Kier molecular flexibility index (Phi) is 13.4. The molecule has 232 valence electrons. The fraction of sp³-hybridized carbons (Fsp3) is 0.412. The molecule has 43 heavy (non-hydrogen) atoms. The van der Waals surface area contributed by atoms with Crippen molar-refractivity contribution < 1.29 is 33.3 Å². The highest BCUT2D eigenvalue weighted by molar-refractivity contribution is 5.90. The molecule has 2 amide bonds. The number of nitrogens with one attached hydrogen (secondary N) is 1. The van der Waals surface area contributed by atoms with Crippen LogP contribution in [0.25, 0.3) is 0 Å². The summed E-state index contributed by atoms with van der Waals surface area (Å²) in [6, 6.07) is 17.3. The minimum atomic E-state index is -0.990. The molecule has 3 aromatic rings. The molecule has 0 radical (unpaired) electrons. The number of ether oxygens (including phenoxy) is 3. The van der Waals surface area contributed by atoms with Crippen molar-refractivity contribution in [3.8, 4) is 5.75 Å². The van der Waals surface area contributed by atoms with Crippen molar-refractivity contribution in [1.82, 2.24) is 4.90 Å². The predicted molar refractivity (Wildman–Crippen MR) is 165 cm³/mol.